The van der Waals surface area contributed by atoms with Gasteiger partial charge in [0, 0.05) is 11.5 Å². The first-order chi connectivity index (χ1) is 9.94. The Bertz CT molecular complexity index is 733. The summed E-state index contributed by atoms with van der Waals surface area (Å²) in [5.41, 5.74) is 1.51. The van der Waals surface area contributed by atoms with Gasteiger partial charge in [0.25, 0.3) is 0 Å². The van der Waals surface area contributed by atoms with Crippen molar-refractivity contribution >= 4 is 16.4 Å². The highest BCUT2D eigenvalue weighted by molar-refractivity contribution is 7.87. The summed E-state index contributed by atoms with van der Waals surface area (Å²) < 4.78 is 29.7. The molecule has 0 aliphatic carbocycles. The molecule has 0 fully saturated rings. The number of para-hydroxylation sites is 1. The normalized spacial score (nSPS) is 12.7. The summed E-state index contributed by atoms with van der Waals surface area (Å²) in [4.78, 5) is 11.0. The number of carbonyl (C=O) groups excluding carboxylic acids is 1. The SMILES string of the molecule is Cc1ccc(S(=O)(=O)Oc2ccccc2C(C)C=O)cc1. The Labute approximate surface area is 124 Å². The van der Waals surface area contributed by atoms with Crippen LogP contribution in [0.3, 0.4) is 0 Å². The van der Waals surface area contributed by atoms with E-state index in [1.807, 2.05) is 6.92 Å². The summed E-state index contributed by atoms with van der Waals surface area (Å²) in [6.07, 6.45) is 0.751. The van der Waals surface area contributed by atoms with Gasteiger partial charge in [0.15, 0.2) is 0 Å². The van der Waals surface area contributed by atoms with Crippen molar-refractivity contribution in [3.63, 3.8) is 0 Å². The molecule has 5 heteroatoms. The zero-order valence-electron chi connectivity index (χ0n) is 11.8. The van der Waals surface area contributed by atoms with Crippen LogP contribution in [0.4, 0.5) is 0 Å². The highest BCUT2D eigenvalue weighted by atomic mass is 32.2. The predicted octanol–water partition coefficient (Wildman–Crippen LogP) is 3.07. The first-order valence-electron chi connectivity index (χ1n) is 6.49. The van der Waals surface area contributed by atoms with Crippen LogP contribution in [0.1, 0.15) is 24.0 Å². The number of benzene rings is 2. The monoisotopic (exact) mass is 304 g/mol. The van der Waals surface area contributed by atoms with E-state index in [0.29, 0.717) is 5.56 Å². The van der Waals surface area contributed by atoms with Crippen LogP contribution in [0.5, 0.6) is 5.75 Å². The molecule has 1 atom stereocenters. The lowest BCUT2D eigenvalue weighted by Gasteiger charge is -2.13. The first-order valence-corrected chi connectivity index (χ1v) is 7.90. The number of carbonyl (C=O) groups is 1. The Kier molecular flexibility index (Phi) is 4.43. The Morgan fingerprint density at radius 3 is 2.29 bits per heavy atom. The number of aldehydes is 1. The molecular weight excluding hydrogens is 288 g/mol. The van der Waals surface area contributed by atoms with Crippen molar-refractivity contribution < 1.29 is 17.4 Å². The predicted molar refractivity (Wildman–Crippen MR) is 79.9 cm³/mol. The molecule has 0 N–H and O–H groups in total. The minimum atomic E-state index is -3.91. The third kappa shape index (κ3) is 3.49. The van der Waals surface area contributed by atoms with Crippen LogP contribution >= 0.6 is 0 Å². The Hall–Kier alpha value is -2.14. The van der Waals surface area contributed by atoms with Crippen LogP contribution in [-0.2, 0) is 14.9 Å². The molecule has 0 aromatic heterocycles. The molecule has 4 nitrogen and oxygen atoms in total. The van der Waals surface area contributed by atoms with Crippen LogP contribution in [0.15, 0.2) is 53.4 Å². The van der Waals surface area contributed by atoms with Crippen LogP contribution in [0, 0.1) is 6.92 Å². The molecule has 0 saturated heterocycles. The zero-order valence-corrected chi connectivity index (χ0v) is 12.6. The van der Waals surface area contributed by atoms with E-state index in [-0.39, 0.29) is 10.6 Å². The van der Waals surface area contributed by atoms with Crippen LogP contribution in [0.2, 0.25) is 0 Å². The quantitative estimate of drug-likeness (QED) is 0.629. The Morgan fingerprint density at radius 2 is 1.67 bits per heavy atom. The molecule has 0 amide bonds. The van der Waals surface area contributed by atoms with Crippen LogP contribution < -0.4 is 4.18 Å². The maximum atomic E-state index is 12.3. The summed E-state index contributed by atoms with van der Waals surface area (Å²) in [5, 5.41) is 0. The lowest BCUT2D eigenvalue weighted by Crippen LogP contribution is -2.11. The molecule has 2 aromatic rings. The molecule has 21 heavy (non-hydrogen) atoms. The van der Waals surface area contributed by atoms with Gasteiger partial charge in [-0.05, 0) is 25.1 Å². The first kappa shape index (κ1) is 15.3. The van der Waals surface area contributed by atoms with E-state index in [1.54, 1.807) is 43.3 Å². The number of hydrogen-bond donors (Lipinski definition) is 0. The summed E-state index contributed by atoms with van der Waals surface area (Å²) in [6, 6.07) is 13.0. The van der Waals surface area contributed by atoms with Crippen molar-refractivity contribution in [3.05, 3.63) is 59.7 Å². The van der Waals surface area contributed by atoms with E-state index in [1.165, 1.54) is 12.1 Å². The molecule has 0 aliphatic heterocycles. The fourth-order valence-corrected chi connectivity index (χ4v) is 2.83. The lowest BCUT2D eigenvalue weighted by molar-refractivity contribution is -0.108. The van der Waals surface area contributed by atoms with Crippen LogP contribution in [-0.4, -0.2) is 14.7 Å². The average Bonchev–Trinajstić information content (AvgIpc) is 2.47. The second kappa shape index (κ2) is 6.10. The topological polar surface area (TPSA) is 60.4 Å². The van der Waals surface area contributed by atoms with Gasteiger partial charge in [0.2, 0.25) is 0 Å². The largest absolute Gasteiger partial charge is 0.379 e. The van der Waals surface area contributed by atoms with Crippen molar-refractivity contribution in [2.45, 2.75) is 24.7 Å². The van der Waals surface area contributed by atoms with Crippen molar-refractivity contribution in [1.82, 2.24) is 0 Å². The molecule has 0 aliphatic rings. The number of rotatable bonds is 5. The molecule has 2 aromatic carbocycles. The third-order valence-electron chi connectivity index (χ3n) is 3.12. The van der Waals surface area contributed by atoms with Crippen molar-refractivity contribution in [2.24, 2.45) is 0 Å². The van der Waals surface area contributed by atoms with Crippen molar-refractivity contribution in [3.8, 4) is 5.75 Å². The molecule has 0 spiro atoms. The molecule has 0 heterocycles. The number of hydrogen-bond acceptors (Lipinski definition) is 4. The molecule has 0 saturated carbocycles. The average molecular weight is 304 g/mol. The second-order valence-corrected chi connectivity index (χ2v) is 6.36. The van der Waals surface area contributed by atoms with E-state index in [0.717, 1.165) is 11.8 Å². The third-order valence-corrected chi connectivity index (χ3v) is 4.37. The van der Waals surface area contributed by atoms with E-state index >= 15 is 0 Å². The van der Waals surface area contributed by atoms with E-state index in [2.05, 4.69) is 0 Å². The molecular formula is C16H16O4S. The van der Waals surface area contributed by atoms with E-state index in [9.17, 15) is 13.2 Å². The summed E-state index contributed by atoms with van der Waals surface area (Å²) in [5.74, 6) is -0.257. The molecule has 110 valence electrons. The standard InChI is InChI=1S/C16H16O4S/c1-12-7-9-14(10-8-12)21(18,19)20-16-6-4-3-5-15(16)13(2)11-17/h3-11,13H,1-2H3. The smallest absolute Gasteiger partial charge is 0.339 e. The van der Waals surface area contributed by atoms with Gasteiger partial charge < -0.3 is 8.98 Å². The second-order valence-electron chi connectivity index (χ2n) is 4.81. The zero-order chi connectivity index (χ0) is 15.5. The van der Waals surface area contributed by atoms with Gasteiger partial charge in [-0.15, -0.1) is 0 Å². The van der Waals surface area contributed by atoms with Gasteiger partial charge in [-0.2, -0.15) is 8.42 Å². The van der Waals surface area contributed by atoms with Crippen molar-refractivity contribution in [1.29, 1.82) is 0 Å². The fraction of sp³-hybridized carbons (Fsp3) is 0.188. The minimum Gasteiger partial charge on any atom is -0.379 e. The van der Waals surface area contributed by atoms with Crippen molar-refractivity contribution in [2.75, 3.05) is 0 Å². The summed E-state index contributed by atoms with van der Waals surface area (Å²) >= 11 is 0. The maximum absolute atomic E-state index is 12.3. The Morgan fingerprint density at radius 1 is 1.05 bits per heavy atom. The van der Waals surface area contributed by atoms with Gasteiger partial charge in [-0.1, -0.05) is 42.8 Å². The highest BCUT2D eigenvalue weighted by Gasteiger charge is 2.19. The Balaban J connectivity index is 2.37. The minimum absolute atomic E-state index is 0.0849. The van der Waals surface area contributed by atoms with Gasteiger partial charge in [0.1, 0.15) is 16.9 Å². The van der Waals surface area contributed by atoms with Gasteiger partial charge in [0.05, 0.1) is 0 Å². The van der Waals surface area contributed by atoms with Gasteiger partial charge in [-0.3, -0.25) is 0 Å². The highest BCUT2D eigenvalue weighted by Crippen LogP contribution is 2.28. The molecule has 1 unspecified atom stereocenters. The van der Waals surface area contributed by atoms with E-state index in [4.69, 9.17) is 4.18 Å². The molecule has 0 radical (unpaired) electrons. The molecule has 2 rings (SSSR count). The van der Waals surface area contributed by atoms with E-state index < -0.39 is 16.0 Å². The van der Waals surface area contributed by atoms with Crippen LogP contribution in [0.25, 0.3) is 0 Å². The summed E-state index contributed by atoms with van der Waals surface area (Å²) in [7, 11) is -3.91. The van der Waals surface area contributed by atoms with Gasteiger partial charge in [-0.25, -0.2) is 0 Å². The molecule has 0 bridgehead atoms. The van der Waals surface area contributed by atoms with Gasteiger partial charge >= 0.3 is 10.1 Å². The fourth-order valence-electron chi connectivity index (χ4n) is 1.88. The number of aryl methyl sites for hydroxylation is 1. The summed E-state index contributed by atoms with van der Waals surface area (Å²) in [6.45, 7) is 3.56. The maximum Gasteiger partial charge on any atom is 0.339 e. The lowest BCUT2D eigenvalue weighted by atomic mass is 10.0.